The second-order valence-corrected chi connectivity index (χ2v) is 5.71. The molecule has 3 atom stereocenters. The van der Waals surface area contributed by atoms with E-state index in [1.165, 1.54) is 18.2 Å². The fourth-order valence-corrected chi connectivity index (χ4v) is 3.17. The van der Waals surface area contributed by atoms with Crippen molar-refractivity contribution in [3.05, 3.63) is 35.9 Å². The Labute approximate surface area is 126 Å². The molecule has 6 nitrogen and oxygen atoms in total. The number of carbonyl (C=O) groups excluding carboxylic acids is 2. The Morgan fingerprint density at radius 1 is 1.36 bits per heavy atom. The molecule has 1 fully saturated rings. The Morgan fingerprint density at radius 3 is 2.77 bits per heavy atom. The topological polar surface area (TPSA) is 104 Å². The second-order valence-electron chi connectivity index (χ2n) is 5.71. The summed E-state index contributed by atoms with van der Waals surface area (Å²) in [7, 11) is 0. The summed E-state index contributed by atoms with van der Waals surface area (Å²) >= 11 is 0. The van der Waals surface area contributed by atoms with Gasteiger partial charge >= 0.3 is 0 Å². The number of benzene rings is 1. The van der Waals surface area contributed by atoms with Gasteiger partial charge in [0.25, 0.3) is 5.79 Å². The standard InChI is InChI=1S/C16H16O6/c1-8(7-17)10-3-4-12-14(19)11-6-9(18)2-5-13(11)22-16(12,21)15(10)20/h2,5-6,10,12,17-18,21H,1,3-4,7H2/t10-,12-,16-/m1/s1. The van der Waals surface area contributed by atoms with Crippen LogP contribution in [0.25, 0.3) is 0 Å². The molecule has 0 spiro atoms. The number of fused-ring (bicyclic) bond motifs is 2. The smallest absolute Gasteiger partial charge is 0.278 e. The molecule has 1 aliphatic carbocycles. The number of Topliss-reactive ketones (excluding diaryl/α,β-unsaturated/α-hetero) is 2. The van der Waals surface area contributed by atoms with E-state index in [2.05, 4.69) is 6.58 Å². The van der Waals surface area contributed by atoms with Crippen LogP contribution in [0, 0.1) is 11.8 Å². The summed E-state index contributed by atoms with van der Waals surface area (Å²) in [4.78, 5) is 25.1. The molecular weight excluding hydrogens is 288 g/mol. The van der Waals surface area contributed by atoms with Crippen molar-refractivity contribution in [2.45, 2.75) is 18.6 Å². The number of phenolic OH excluding ortho intramolecular Hbond substituents is 1. The maximum Gasteiger partial charge on any atom is 0.278 e. The van der Waals surface area contributed by atoms with Gasteiger partial charge in [-0.15, -0.1) is 0 Å². The van der Waals surface area contributed by atoms with Crippen LogP contribution in [0.1, 0.15) is 23.2 Å². The first-order valence-corrected chi connectivity index (χ1v) is 7.00. The van der Waals surface area contributed by atoms with E-state index in [-0.39, 0.29) is 30.1 Å². The van der Waals surface area contributed by atoms with E-state index in [0.717, 1.165) is 0 Å². The highest BCUT2D eigenvalue weighted by Gasteiger charge is 2.58. The van der Waals surface area contributed by atoms with Crippen molar-refractivity contribution in [2.75, 3.05) is 6.61 Å². The summed E-state index contributed by atoms with van der Waals surface area (Å²) in [5, 5.41) is 29.3. The van der Waals surface area contributed by atoms with Gasteiger partial charge in [0.15, 0.2) is 5.78 Å². The Kier molecular flexibility index (Phi) is 3.30. The number of ketones is 2. The van der Waals surface area contributed by atoms with Crippen LogP contribution >= 0.6 is 0 Å². The van der Waals surface area contributed by atoms with Crippen molar-refractivity contribution in [3.63, 3.8) is 0 Å². The van der Waals surface area contributed by atoms with Crippen LogP contribution in [0.3, 0.4) is 0 Å². The van der Waals surface area contributed by atoms with Gasteiger partial charge in [0.05, 0.1) is 18.1 Å². The van der Waals surface area contributed by atoms with Crippen molar-refractivity contribution >= 4 is 11.6 Å². The van der Waals surface area contributed by atoms with Crippen molar-refractivity contribution in [2.24, 2.45) is 11.8 Å². The average molecular weight is 304 g/mol. The Balaban J connectivity index is 2.04. The summed E-state index contributed by atoms with van der Waals surface area (Å²) in [6.45, 7) is 3.27. The number of hydrogen-bond acceptors (Lipinski definition) is 6. The average Bonchev–Trinajstić information content (AvgIpc) is 2.49. The molecule has 0 amide bonds. The minimum absolute atomic E-state index is 0.0603. The molecule has 1 aliphatic heterocycles. The number of phenols is 1. The molecule has 2 aliphatic rings. The predicted molar refractivity (Wildman–Crippen MR) is 75.5 cm³/mol. The molecule has 1 aromatic rings. The molecule has 0 bridgehead atoms. The van der Waals surface area contributed by atoms with Gasteiger partial charge < -0.3 is 20.1 Å². The summed E-state index contributed by atoms with van der Waals surface area (Å²) < 4.78 is 5.44. The SMILES string of the molecule is C=C(CO)[C@H]1CC[C@@H]2C(=O)c3cc(O)ccc3O[C@@]2(O)C1=O. The Morgan fingerprint density at radius 2 is 2.09 bits per heavy atom. The van der Waals surface area contributed by atoms with E-state index in [9.17, 15) is 19.8 Å². The van der Waals surface area contributed by atoms with Crippen LogP contribution in [0.5, 0.6) is 11.5 Å². The summed E-state index contributed by atoms with van der Waals surface area (Å²) in [5.41, 5.74) is 0.450. The molecule has 6 heteroatoms. The van der Waals surface area contributed by atoms with Crippen LogP contribution in [-0.4, -0.2) is 39.3 Å². The highest BCUT2D eigenvalue weighted by Crippen LogP contribution is 2.45. The normalized spacial score (nSPS) is 30.3. The number of aromatic hydroxyl groups is 1. The zero-order valence-electron chi connectivity index (χ0n) is 11.8. The zero-order chi connectivity index (χ0) is 16.1. The lowest BCUT2D eigenvalue weighted by molar-refractivity contribution is -0.198. The molecule has 1 heterocycles. The third-order valence-corrected chi connectivity index (χ3v) is 4.39. The van der Waals surface area contributed by atoms with E-state index in [1.54, 1.807) is 0 Å². The Hall–Kier alpha value is -2.18. The molecule has 116 valence electrons. The van der Waals surface area contributed by atoms with Crippen LogP contribution < -0.4 is 4.74 Å². The molecule has 1 aromatic carbocycles. The molecule has 0 aromatic heterocycles. The van der Waals surface area contributed by atoms with Crippen LogP contribution in [0.2, 0.25) is 0 Å². The molecule has 22 heavy (non-hydrogen) atoms. The quantitative estimate of drug-likeness (QED) is 0.698. The number of aliphatic hydroxyl groups excluding tert-OH is 1. The third-order valence-electron chi connectivity index (χ3n) is 4.39. The minimum atomic E-state index is -2.25. The lowest BCUT2D eigenvalue weighted by atomic mass is 9.70. The van der Waals surface area contributed by atoms with Gasteiger partial charge in [-0.05, 0) is 36.6 Å². The van der Waals surface area contributed by atoms with E-state index in [1.807, 2.05) is 0 Å². The molecule has 3 N–H and O–H groups in total. The number of ether oxygens (including phenoxy) is 1. The first-order valence-electron chi connectivity index (χ1n) is 7.00. The fraction of sp³-hybridized carbons (Fsp3) is 0.375. The summed E-state index contributed by atoms with van der Waals surface area (Å²) in [5.74, 6) is -5.12. The van der Waals surface area contributed by atoms with Gasteiger partial charge in [0, 0.05) is 5.92 Å². The van der Waals surface area contributed by atoms with Gasteiger partial charge in [-0.3, -0.25) is 9.59 Å². The van der Waals surface area contributed by atoms with E-state index in [0.29, 0.717) is 12.0 Å². The maximum absolute atomic E-state index is 12.6. The molecule has 0 unspecified atom stereocenters. The second kappa shape index (κ2) is 4.93. The number of carbonyl (C=O) groups is 2. The molecule has 1 saturated carbocycles. The molecule has 0 saturated heterocycles. The van der Waals surface area contributed by atoms with Gasteiger partial charge in [-0.1, -0.05) is 6.58 Å². The fourth-order valence-electron chi connectivity index (χ4n) is 3.17. The van der Waals surface area contributed by atoms with Crippen LogP contribution in [-0.2, 0) is 4.79 Å². The van der Waals surface area contributed by atoms with Crippen molar-refractivity contribution in [1.29, 1.82) is 0 Å². The van der Waals surface area contributed by atoms with Crippen LogP contribution in [0.4, 0.5) is 0 Å². The zero-order valence-corrected chi connectivity index (χ0v) is 11.8. The van der Waals surface area contributed by atoms with E-state index < -0.39 is 29.2 Å². The van der Waals surface area contributed by atoms with Crippen molar-refractivity contribution < 1.29 is 29.6 Å². The highest BCUT2D eigenvalue weighted by atomic mass is 16.6. The van der Waals surface area contributed by atoms with Gasteiger partial charge in [-0.2, -0.15) is 0 Å². The van der Waals surface area contributed by atoms with Crippen LogP contribution in [0.15, 0.2) is 30.4 Å². The number of rotatable bonds is 2. The Bertz CT molecular complexity index is 679. The first kappa shape index (κ1) is 14.7. The highest BCUT2D eigenvalue weighted by molar-refractivity contribution is 6.07. The molecular formula is C16H16O6. The van der Waals surface area contributed by atoms with Gasteiger partial charge in [0.1, 0.15) is 11.5 Å². The van der Waals surface area contributed by atoms with Gasteiger partial charge in [-0.25, -0.2) is 0 Å². The van der Waals surface area contributed by atoms with E-state index >= 15 is 0 Å². The lowest BCUT2D eigenvalue weighted by Gasteiger charge is -2.43. The molecule has 0 radical (unpaired) electrons. The van der Waals surface area contributed by atoms with E-state index in [4.69, 9.17) is 9.84 Å². The first-order chi connectivity index (χ1) is 10.4. The molecule has 3 rings (SSSR count). The largest absolute Gasteiger partial charge is 0.508 e. The lowest BCUT2D eigenvalue weighted by Crippen LogP contribution is -2.61. The minimum Gasteiger partial charge on any atom is -0.508 e. The maximum atomic E-state index is 12.6. The third kappa shape index (κ3) is 1.95. The number of aliphatic hydroxyl groups is 2. The van der Waals surface area contributed by atoms with Crippen molar-refractivity contribution in [1.82, 2.24) is 0 Å². The van der Waals surface area contributed by atoms with Crippen molar-refractivity contribution in [3.8, 4) is 11.5 Å². The number of hydrogen-bond donors (Lipinski definition) is 3. The summed E-state index contributed by atoms with van der Waals surface area (Å²) in [6, 6.07) is 3.92. The predicted octanol–water partition coefficient (Wildman–Crippen LogP) is 0.800. The van der Waals surface area contributed by atoms with Gasteiger partial charge in [0.2, 0.25) is 5.78 Å². The monoisotopic (exact) mass is 304 g/mol. The summed E-state index contributed by atoms with van der Waals surface area (Å²) in [6.07, 6.45) is 0.550.